The maximum Gasteiger partial charge on any atom is 0.162 e. The molecule has 0 spiro atoms. The van der Waals surface area contributed by atoms with E-state index in [0.717, 1.165) is 23.5 Å². The zero-order chi connectivity index (χ0) is 10.8. The zero-order valence-electron chi connectivity index (χ0n) is 8.92. The summed E-state index contributed by atoms with van der Waals surface area (Å²) in [6, 6.07) is 5.56. The molecule has 0 N–H and O–H groups in total. The van der Waals surface area contributed by atoms with E-state index in [-0.39, 0.29) is 5.78 Å². The molecule has 2 rings (SSSR count). The maximum atomic E-state index is 11.8. The summed E-state index contributed by atoms with van der Waals surface area (Å²) < 4.78 is 0. The molecule has 0 atom stereocenters. The monoisotopic (exact) mass is 222 g/mol. The van der Waals surface area contributed by atoms with Gasteiger partial charge in [-0.3, -0.25) is 4.79 Å². The standard InChI is InChI=1S/C13H15ClO/c1-9-2-6-11(8-12(9)14)13(15)7-5-10-3-4-10/h2,6,8,10H,3-5,7H2,1H3. The van der Waals surface area contributed by atoms with Crippen molar-refractivity contribution >= 4 is 17.4 Å². The Labute approximate surface area is 95.4 Å². The van der Waals surface area contributed by atoms with E-state index in [2.05, 4.69) is 0 Å². The highest BCUT2D eigenvalue weighted by Crippen LogP contribution is 2.34. The topological polar surface area (TPSA) is 17.1 Å². The van der Waals surface area contributed by atoms with Gasteiger partial charge in [-0.2, -0.15) is 0 Å². The van der Waals surface area contributed by atoms with Crippen molar-refractivity contribution < 1.29 is 4.79 Å². The van der Waals surface area contributed by atoms with E-state index < -0.39 is 0 Å². The second-order valence-electron chi connectivity index (χ2n) is 4.37. The molecule has 0 aliphatic heterocycles. The van der Waals surface area contributed by atoms with Gasteiger partial charge in [0.1, 0.15) is 0 Å². The summed E-state index contributed by atoms with van der Waals surface area (Å²) in [5, 5.41) is 0.687. The van der Waals surface area contributed by atoms with Gasteiger partial charge in [-0.1, -0.05) is 36.6 Å². The molecule has 0 radical (unpaired) electrons. The highest BCUT2D eigenvalue weighted by Gasteiger charge is 2.22. The van der Waals surface area contributed by atoms with Crippen LogP contribution >= 0.6 is 11.6 Å². The number of ketones is 1. The van der Waals surface area contributed by atoms with Crippen molar-refractivity contribution in [3.63, 3.8) is 0 Å². The minimum Gasteiger partial charge on any atom is -0.294 e. The van der Waals surface area contributed by atoms with Crippen molar-refractivity contribution in [1.82, 2.24) is 0 Å². The van der Waals surface area contributed by atoms with Crippen molar-refractivity contribution in [2.45, 2.75) is 32.6 Å². The van der Waals surface area contributed by atoms with Crippen LogP contribution in [0.4, 0.5) is 0 Å². The summed E-state index contributed by atoms with van der Waals surface area (Å²) in [4.78, 5) is 11.8. The largest absolute Gasteiger partial charge is 0.294 e. The number of aryl methyl sites for hydroxylation is 1. The average molecular weight is 223 g/mol. The van der Waals surface area contributed by atoms with Crippen LogP contribution < -0.4 is 0 Å². The number of Topliss-reactive ketones (excluding diaryl/α,β-unsaturated/α-hetero) is 1. The van der Waals surface area contributed by atoms with Crippen LogP contribution in [0.1, 0.15) is 41.6 Å². The Morgan fingerprint density at radius 1 is 1.47 bits per heavy atom. The molecule has 0 heterocycles. The highest BCUT2D eigenvalue weighted by atomic mass is 35.5. The number of rotatable bonds is 4. The number of carbonyl (C=O) groups excluding carboxylic acids is 1. The molecule has 0 amide bonds. The van der Waals surface area contributed by atoms with Crippen LogP contribution in [-0.4, -0.2) is 5.78 Å². The fraction of sp³-hybridized carbons (Fsp3) is 0.462. The third-order valence-corrected chi connectivity index (χ3v) is 3.38. The van der Waals surface area contributed by atoms with E-state index in [1.165, 1.54) is 12.8 Å². The quantitative estimate of drug-likeness (QED) is 0.704. The van der Waals surface area contributed by atoms with E-state index >= 15 is 0 Å². The third kappa shape index (κ3) is 2.82. The van der Waals surface area contributed by atoms with E-state index in [0.29, 0.717) is 11.4 Å². The van der Waals surface area contributed by atoms with E-state index in [1.54, 1.807) is 6.07 Å². The Bertz CT molecular complexity index is 380. The van der Waals surface area contributed by atoms with Gasteiger partial charge in [-0.25, -0.2) is 0 Å². The van der Waals surface area contributed by atoms with Crippen molar-refractivity contribution in [1.29, 1.82) is 0 Å². The van der Waals surface area contributed by atoms with Gasteiger partial charge in [0.2, 0.25) is 0 Å². The average Bonchev–Trinajstić information content (AvgIpc) is 3.02. The Hall–Kier alpha value is -0.820. The summed E-state index contributed by atoms with van der Waals surface area (Å²) >= 11 is 5.98. The van der Waals surface area contributed by atoms with E-state index in [9.17, 15) is 4.79 Å². The molecule has 1 aromatic rings. The number of benzene rings is 1. The molecule has 0 bridgehead atoms. The Kier molecular flexibility index (Phi) is 3.11. The molecule has 1 aromatic carbocycles. The van der Waals surface area contributed by atoms with Crippen LogP contribution in [0, 0.1) is 12.8 Å². The summed E-state index contributed by atoms with van der Waals surface area (Å²) in [6.07, 6.45) is 4.33. The lowest BCUT2D eigenvalue weighted by atomic mass is 10.0. The smallest absolute Gasteiger partial charge is 0.162 e. The molecule has 80 valence electrons. The summed E-state index contributed by atoms with van der Waals surface area (Å²) in [5.74, 6) is 1.04. The van der Waals surface area contributed by atoms with Crippen LogP contribution in [0.15, 0.2) is 18.2 Å². The Balaban J connectivity index is 2.00. The van der Waals surface area contributed by atoms with Gasteiger partial charge in [0.15, 0.2) is 5.78 Å². The van der Waals surface area contributed by atoms with Gasteiger partial charge in [0.25, 0.3) is 0 Å². The van der Waals surface area contributed by atoms with Crippen LogP contribution in [0.2, 0.25) is 5.02 Å². The maximum absolute atomic E-state index is 11.8. The first-order valence-corrected chi connectivity index (χ1v) is 5.84. The van der Waals surface area contributed by atoms with Gasteiger partial charge in [-0.05, 0) is 30.9 Å². The Morgan fingerprint density at radius 3 is 2.80 bits per heavy atom. The van der Waals surface area contributed by atoms with E-state index in [4.69, 9.17) is 11.6 Å². The van der Waals surface area contributed by atoms with Crippen LogP contribution in [0.5, 0.6) is 0 Å². The lowest BCUT2D eigenvalue weighted by Gasteiger charge is -2.03. The molecule has 0 unspecified atom stereocenters. The molecule has 1 fully saturated rings. The first-order chi connectivity index (χ1) is 7.16. The molecule has 2 heteroatoms. The SMILES string of the molecule is Cc1ccc(C(=O)CCC2CC2)cc1Cl. The fourth-order valence-corrected chi connectivity index (χ4v) is 1.83. The molecule has 1 aliphatic carbocycles. The number of hydrogen-bond acceptors (Lipinski definition) is 1. The molecule has 0 saturated heterocycles. The second kappa shape index (κ2) is 4.36. The zero-order valence-corrected chi connectivity index (χ0v) is 9.68. The molecule has 0 aromatic heterocycles. The molecular weight excluding hydrogens is 208 g/mol. The van der Waals surface area contributed by atoms with Crippen LogP contribution in [0.3, 0.4) is 0 Å². The van der Waals surface area contributed by atoms with Crippen LogP contribution in [-0.2, 0) is 0 Å². The molecule has 1 saturated carbocycles. The van der Waals surface area contributed by atoms with Crippen molar-refractivity contribution in [3.8, 4) is 0 Å². The Morgan fingerprint density at radius 2 is 2.20 bits per heavy atom. The summed E-state index contributed by atoms with van der Waals surface area (Å²) in [7, 11) is 0. The summed E-state index contributed by atoms with van der Waals surface area (Å²) in [6.45, 7) is 1.95. The molecular formula is C13H15ClO. The third-order valence-electron chi connectivity index (χ3n) is 2.97. The molecule has 15 heavy (non-hydrogen) atoms. The molecule has 1 aliphatic rings. The first kappa shape index (κ1) is 10.7. The van der Waals surface area contributed by atoms with Gasteiger partial charge in [-0.15, -0.1) is 0 Å². The highest BCUT2D eigenvalue weighted by molar-refractivity contribution is 6.31. The fourth-order valence-electron chi connectivity index (χ4n) is 1.65. The van der Waals surface area contributed by atoms with Gasteiger partial charge < -0.3 is 0 Å². The predicted molar refractivity (Wildman–Crippen MR) is 62.5 cm³/mol. The molecule has 1 nitrogen and oxygen atoms in total. The van der Waals surface area contributed by atoms with Crippen LogP contribution in [0.25, 0.3) is 0 Å². The first-order valence-electron chi connectivity index (χ1n) is 5.46. The van der Waals surface area contributed by atoms with E-state index in [1.807, 2.05) is 19.1 Å². The minimum absolute atomic E-state index is 0.226. The van der Waals surface area contributed by atoms with Crippen molar-refractivity contribution in [2.24, 2.45) is 5.92 Å². The second-order valence-corrected chi connectivity index (χ2v) is 4.78. The number of halogens is 1. The van der Waals surface area contributed by atoms with Gasteiger partial charge in [0.05, 0.1) is 0 Å². The number of hydrogen-bond donors (Lipinski definition) is 0. The lowest BCUT2D eigenvalue weighted by molar-refractivity contribution is 0.0978. The lowest BCUT2D eigenvalue weighted by Crippen LogP contribution is -1.99. The summed E-state index contributed by atoms with van der Waals surface area (Å²) in [5.41, 5.74) is 1.78. The number of carbonyl (C=O) groups is 1. The van der Waals surface area contributed by atoms with Crippen molar-refractivity contribution in [3.05, 3.63) is 34.3 Å². The van der Waals surface area contributed by atoms with Gasteiger partial charge >= 0.3 is 0 Å². The normalized spacial score (nSPS) is 15.3. The van der Waals surface area contributed by atoms with Gasteiger partial charge in [0, 0.05) is 17.0 Å². The van der Waals surface area contributed by atoms with Crippen molar-refractivity contribution in [2.75, 3.05) is 0 Å². The predicted octanol–water partition coefficient (Wildman–Crippen LogP) is 4.02. The minimum atomic E-state index is 0.226.